The molecule has 0 radical (unpaired) electrons. The quantitative estimate of drug-likeness (QED) is 0.0757. The summed E-state index contributed by atoms with van der Waals surface area (Å²) < 4.78 is 80.8. The molecule has 18 heteroatoms. The minimum Gasteiger partial charge on any atom is -0.467 e. The summed E-state index contributed by atoms with van der Waals surface area (Å²) in [4.78, 5) is 23.1. The van der Waals surface area contributed by atoms with Crippen LogP contribution in [0.25, 0.3) is 11.1 Å². The van der Waals surface area contributed by atoms with E-state index in [0.29, 0.717) is 172 Å². The SMILES string of the molecule is COC(=O)COCCOCCOCCOCCOCCOCCOCCOCCOCCOCCOCCOCCOCCNC(=O)OCC1c2ccccc2-c2ccccc21. The lowest BCUT2D eigenvalue weighted by atomic mass is 9.98. The van der Waals surface area contributed by atoms with Gasteiger partial charge in [-0.1, -0.05) is 48.5 Å². The zero-order valence-electron chi connectivity index (χ0n) is 36.4. The molecule has 0 atom stereocenters. The second kappa shape index (κ2) is 38.1. The van der Waals surface area contributed by atoms with Gasteiger partial charge in [-0.3, -0.25) is 0 Å². The van der Waals surface area contributed by atoms with E-state index in [2.05, 4.69) is 34.3 Å². The van der Waals surface area contributed by atoms with Gasteiger partial charge < -0.3 is 76.4 Å². The molecule has 0 heterocycles. The normalized spacial score (nSPS) is 12.1. The number of amides is 1. The Balaban J connectivity index is 0.914. The maximum Gasteiger partial charge on any atom is 0.407 e. The molecule has 352 valence electrons. The van der Waals surface area contributed by atoms with Crippen LogP contribution >= 0.6 is 0 Å². The number of nitrogens with one attached hydrogen (secondary N) is 1. The minimum atomic E-state index is -0.457. The lowest BCUT2D eigenvalue weighted by molar-refractivity contribution is -0.146. The topological polar surface area (TPSA) is 185 Å². The molecule has 0 saturated carbocycles. The zero-order chi connectivity index (χ0) is 43.8. The highest BCUT2D eigenvalue weighted by Crippen LogP contribution is 2.44. The fourth-order valence-electron chi connectivity index (χ4n) is 5.73. The number of rotatable bonds is 43. The van der Waals surface area contributed by atoms with Crippen molar-refractivity contribution in [1.29, 1.82) is 0 Å². The van der Waals surface area contributed by atoms with Crippen LogP contribution in [-0.2, 0) is 75.8 Å². The Kier molecular flexibility index (Phi) is 32.6. The fourth-order valence-corrected chi connectivity index (χ4v) is 5.73. The van der Waals surface area contributed by atoms with E-state index in [1.165, 1.54) is 29.4 Å². The van der Waals surface area contributed by atoms with Gasteiger partial charge in [0.15, 0.2) is 0 Å². The molecule has 1 aliphatic carbocycles. The zero-order valence-corrected chi connectivity index (χ0v) is 36.4. The molecule has 0 aliphatic heterocycles. The number of benzene rings is 2. The van der Waals surface area contributed by atoms with Crippen LogP contribution in [-0.4, -0.2) is 204 Å². The van der Waals surface area contributed by atoms with Crippen molar-refractivity contribution in [2.24, 2.45) is 0 Å². The van der Waals surface area contributed by atoms with Gasteiger partial charge in [-0.05, 0) is 22.3 Å². The number of ether oxygens (including phenoxy) is 15. The number of carbonyl (C=O) groups is 2. The third-order valence-electron chi connectivity index (χ3n) is 8.77. The summed E-state index contributed by atoms with van der Waals surface area (Å²) in [5, 5.41) is 2.74. The van der Waals surface area contributed by atoms with Gasteiger partial charge in [0.25, 0.3) is 0 Å². The highest BCUT2D eigenvalue weighted by atomic mass is 16.6. The Morgan fingerprint density at radius 2 is 0.710 bits per heavy atom. The molecule has 1 amide bonds. The summed E-state index contributed by atoms with van der Waals surface area (Å²) in [5.74, 6) is -0.382. The van der Waals surface area contributed by atoms with E-state index in [1.54, 1.807) is 0 Å². The summed E-state index contributed by atoms with van der Waals surface area (Å²) in [6.45, 7) is 11.9. The van der Waals surface area contributed by atoms with Crippen molar-refractivity contribution in [3.8, 4) is 11.1 Å². The molecule has 3 rings (SSSR count). The van der Waals surface area contributed by atoms with Gasteiger partial charge in [-0.2, -0.15) is 0 Å². The van der Waals surface area contributed by atoms with Crippen LogP contribution in [0.15, 0.2) is 48.5 Å². The van der Waals surface area contributed by atoms with Gasteiger partial charge >= 0.3 is 12.1 Å². The molecule has 18 nitrogen and oxygen atoms in total. The van der Waals surface area contributed by atoms with E-state index in [9.17, 15) is 9.59 Å². The van der Waals surface area contributed by atoms with Crippen molar-refractivity contribution >= 4 is 12.1 Å². The van der Waals surface area contributed by atoms with E-state index in [1.807, 2.05) is 24.3 Å². The number of alkyl carbamates (subject to hydrolysis) is 1. The molecule has 0 bridgehead atoms. The Labute approximate surface area is 366 Å². The van der Waals surface area contributed by atoms with Crippen molar-refractivity contribution in [3.05, 3.63) is 59.7 Å². The Morgan fingerprint density at radius 1 is 0.419 bits per heavy atom. The van der Waals surface area contributed by atoms with E-state index in [0.717, 1.165) is 0 Å². The standard InChI is InChI=1S/C44H69NO17/c1-48-43(46)37-61-35-34-60-33-32-59-31-30-58-29-28-57-27-26-56-25-24-55-23-22-54-21-20-53-19-18-52-17-16-51-15-14-50-13-12-49-11-10-45-44(47)62-36-42-40-8-4-2-6-38(40)39-7-3-5-9-41(39)42/h2-9,42H,10-37H2,1H3,(H,45,47). The van der Waals surface area contributed by atoms with Crippen molar-refractivity contribution in [3.63, 3.8) is 0 Å². The molecular weight excluding hydrogens is 814 g/mol. The first-order valence-corrected chi connectivity index (χ1v) is 21.4. The first kappa shape index (κ1) is 53.0. The Morgan fingerprint density at radius 3 is 1.03 bits per heavy atom. The van der Waals surface area contributed by atoms with Crippen LogP contribution in [0, 0.1) is 0 Å². The first-order chi connectivity index (χ1) is 30.7. The molecule has 0 unspecified atom stereocenters. The highest BCUT2D eigenvalue weighted by molar-refractivity contribution is 5.79. The van der Waals surface area contributed by atoms with Gasteiger partial charge in [0.2, 0.25) is 0 Å². The average molecular weight is 884 g/mol. The van der Waals surface area contributed by atoms with E-state index >= 15 is 0 Å². The molecule has 0 spiro atoms. The summed E-state index contributed by atoms with van der Waals surface area (Å²) in [6.07, 6.45) is -0.457. The molecule has 0 saturated heterocycles. The minimum absolute atomic E-state index is 0.0311. The smallest absolute Gasteiger partial charge is 0.407 e. The molecule has 2 aromatic carbocycles. The van der Waals surface area contributed by atoms with Crippen molar-refractivity contribution in [2.75, 3.05) is 192 Å². The second-order valence-corrected chi connectivity index (χ2v) is 13.2. The van der Waals surface area contributed by atoms with Crippen LogP contribution in [0.2, 0.25) is 0 Å². The molecule has 2 aromatic rings. The Hall–Kier alpha value is -3.34. The fraction of sp³-hybridized carbons (Fsp3) is 0.682. The molecule has 1 aliphatic rings. The number of carbonyl (C=O) groups excluding carboxylic acids is 2. The molecule has 62 heavy (non-hydrogen) atoms. The monoisotopic (exact) mass is 883 g/mol. The summed E-state index contributed by atoms with van der Waals surface area (Å²) >= 11 is 0. The molecule has 1 N–H and O–H groups in total. The lowest BCUT2D eigenvalue weighted by Crippen LogP contribution is -2.29. The number of hydrogen-bond donors (Lipinski definition) is 1. The highest BCUT2D eigenvalue weighted by Gasteiger charge is 2.29. The van der Waals surface area contributed by atoms with Gasteiger partial charge in [-0.15, -0.1) is 0 Å². The maximum absolute atomic E-state index is 12.3. The maximum atomic E-state index is 12.3. The van der Waals surface area contributed by atoms with Gasteiger partial charge in [0.1, 0.15) is 13.2 Å². The largest absolute Gasteiger partial charge is 0.467 e. The van der Waals surface area contributed by atoms with Crippen molar-refractivity contribution in [2.45, 2.75) is 5.92 Å². The van der Waals surface area contributed by atoms with Crippen LogP contribution < -0.4 is 5.32 Å². The van der Waals surface area contributed by atoms with Crippen molar-refractivity contribution in [1.82, 2.24) is 5.32 Å². The van der Waals surface area contributed by atoms with Crippen LogP contribution in [0.1, 0.15) is 17.0 Å². The first-order valence-electron chi connectivity index (χ1n) is 21.4. The number of methoxy groups -OCH3 is 1. The van der Waals surface area contributed by atoms with Gasteiger partial charge in [-0.25, -0.2) is 9.59 Å². The Bertz CT molecular complexity index is 1340. The van der Waals surface area contributed by atoms with Crippen LogP contribution in [0.5, 0.6) is 0 Å². The molecule has 0 fully saturated rings. The third-order valence-corrected chi connectivity index (χ3v) is 8.77. The summed E-state index contributed by atoms with van der Waals surface area (Å²) in [5.41, 5.74) is 4.76. The predicted octanol–water partition coefficient (Wildman–Crippen LogP) is 2.91. The van der Waals surface area contributed by atoms with Gasteiger partial charge in [0.05, 0.1) is 172 Å². The van der Waals surface area contributed by atoms with Crippen molar-refractivity contribution < 1.29 is 80.6 Å². The van der Waals surface area contributed by atoms with Crippen LogP contribution in [0.4, 0.5) is 4.79 Å². The number of hydrogen-bond acceptors (Lipinski definition) is 17. The number of esters is 1. The van der Waals surface area contributed by atoms with E-state index in [4.69, 9.17) is 66.3 Å². The van der Waals surface area contributed by atoms with E-state index in [-0.39, 0.29) is 19.1 Å². The van der Waals surface area contributed by atoms with Crippen LogP contribution in [0.3, 0.4) is 0 Å². The third kappa shape index (κ3) is 26.3. The summed E-state index contributed by atoms with van der Waals surface area (Å²) in [6, 6.07) is 16.5. The molecule has 0 aromatic heterocycles. The second-order valence-electron chi connectivity index (χ2n) is 13.2. The number of fused-ring (bicyclic) bond motifs is 3. The summed E-state index contributed by atoms with van der Waals surface area (Å²) in [7, 11) is 1.31. The van der Waals surface area contributed by atoms with Gasteiger partial charge in [0, 0.05) is 12.5 Å². The van der Waals surface area contributed by atoms with E-state index < -0.39 is 12.1 Å². The average Bonchev–Trinajstić information content (AvgIpc) is 3.62. The molecular formula is C44H69NO17. The predicted molar refractivity (Wildman–Crippen MR) is 226 cm³/mol. The lowest BCUT2D eigenvalue weighted by Gasteiger charge is -2.14.